The molecule has 1 aromatic carbocycles. The highest BCUT2D eigenvalue weighted by Crippen LogP contribution is 2.19. The predicted octanol–water partition coefficient (Wildman–Crippen LogP) is 2.69. The standard InChI is InChI=1S/C14H17ClN2O3S/c1-10(11-4-3-5-12(15)8-11)17-9-13-6-7-14(20-13)21(18,19)16-2/h3-8,10,16-17H,9H2,1-2H3. The molecule has 2 N–H and O–H groups in total. The molecule has 0 bridgehead atoms. The summed E-state index contributed by atoms with van der Waals surface area (Å²) in [5.74, 6) is 0.553. The molecular formula is C14H17ClN2O3S. The normalized spacial score (nSPS) is 13.3. The first kappa shape index (κ1) is 16.0. The van der Waals surface area contributed by atoms with E-state index >= 15 is 0 Å². The molecule has 21 heavy (non-hydrogen) atoms. The van der Waals surface area contributed by atoms with Crippen LogP contribution in [0.5, 0.6) is 0 Å². The lowest BCUT2D eigenvalue weighted by Crippen LogP contribution is -2.18. The van der Waals surface area contributed by atoms with Crippen LogP contribution in [0.3, 0.4) is 0 Å². The highest BCUT2D eigenvalue weighted by atomic mass is 35.5. The van der Waals surface area contributed by atoms with Gasteiger partial charge in [-0.15, -0.1) is 0 Å². The Morgan fingerprint density at radius 3 is 2.71 bits per heavy atom. The van der Waals surface area contributed by atoms with E-state index in [0.717, 1.165) is 5.56 Å². The van der Waals surface area contributed by atoms with Crippen LogP contribution in [0, 0.1) is 0 Å². The number of halogens is 1. The molecule has 5 nitrogen and oxygen atoms in total. The van der Waals surface area contributed by atoms with Crippen LogP contribution in [0.2, 0.25) is 5.02 Å². The molecule has 1 heterocycles. The molecule has 1 atom stereocenters. The lowest BCUT2D eigenvalue weighted by molar-refractivity contribution is 0.392. The van der Waals surface area contributed by atoms with Crippen molar-refractivity contribution in [1.29, 1.82) is 0 Å². The van der Waals surface area contributed by atoms with Crippen molar-refractivity contribution in [2.45, 2.75) is 24.6 Å². The number of hydrogen-bond donors (Lipinski definition) is 2. The predicted molar refractivity (Wildman–Crippen MR) is 81.7 cm³/mol. The molecule has 0 saturated heterocycles. The van der Waals surface area contributed by atoms with Gasteiger partial charge in [-0.1, -0.05) is 23.7 Å². The van der Waals surface area contributed by atoms with Crippen LogP contribution in [-0.2, 0) is 16.6 Å². The third kappa shape index (κ3) is 4.07. The van der Waals surface area contributed by atoms with Crippen LogP contribution in [0.25, 0.3) is 0 Å². The van der Waals surface area contributed by atoms with Crippen molar-refractivity contribution in [3.63, 3.8) is 0 Å². The Balaban J connectivity index is 2.00. The van der Waals surface area contributed by atoms with Crippen LogP contribution < -0.4 is 10.0 Å². The largest absolute Gasteiger partial charge is 0.447 e. The molecule has 0 aliphatic rings. The fourth-order valence-electron chi connectivity index (χ4n) is 1.85. The molecule has 2 aromatic rings. The third-order valence-electron chi connectivity index (χ3n) is 3.10. The minimum atomic E-state index is -3.54. The smallest absolute Gasteiger partial charge is 0.273 e. The summed E-state index contributed by atoms with van der Waals surface area (Å²) in [6.45, 7) is 2.42. The maximum atomic E-state index is 11.6. The van der Waals surface area contributed by atoms with Crippen LogP contribution >= 0.6 is 11.6 Å². The van der Waals surface area contributed by atoms with Gasteiger partial charge >= 0.3 is 0 Å². The molecule has 7 heteroatoms. The van der Waals surface area contributed by atoms with Gasteiger partial charge in [0.15, 0.2) is 0 Å². The minimum Gasteiger partial charge on any atom is -0.447 e. The van der Waals surface area contributed by atoms with Crippen molar-refractivity contribution in [1.82, 2.24) is 10.0 Å². The Morgan fingerprint density at radius 2 is 2.05 bits per heavy atom. The zero-order valence-electron chi connectivity index (χ0n) is 11.8. The van der Waals surface area contributed by atoms with Crippen molar-refractivity contribution < 1.29 is 12.8 Å². The van der Waals surface area contributed by atoms with Gasteiger partial charge in [0, 0.05) is 11.1 Å². The quantitative estimate of drug-likeness (QED) is 0.855. The maximum Gasteiger partial charge on any atom is 0.273 e. The Morgan fingerprint density at radius 1 is 1.29 bits per heavy atom. The van der Waals surface area contributed by atoms with Gasteiger partial charge in [0.1, 0.15) is 5.76 Å². The van der Waals surface area contributed by atoms with Crippen LogP contribution in [-0.4, -0.2) is 15.5 Å². The fourth-order valence-corrected chi connectivity index (χ4v) is 2.71. The summed E-state index contributed by atoms with van der Waals surface area (Å²) in [5, 5.41) is 3.85. The summed E-state index contributed by atoms with van der Waals surface area (Å²) in [5.41, 5.74) is 1.05. The first-order valence-corrected chi connectivity index (χ1v) is 8.29. The molecular weight excluding hydrogens is 312 g/mol. The van der Waals surface area contributed by atoms with Crippen molar-refractivity contribution in [2.75, 3.05) is 7.05 Å². The fraction of sp³-hybridized carbons (Fsp3) is 0.286. The van der Waals surface area contributed by atoms with Gasteiger partial charge in [-0.25, -0.2) is 13.1 Å². The van der Waals surface area contributed by atoms with E-state index < -0.39 is 10.0 Å². The SMILES string of the molecule is CNS(=O)(=O)c1ccc(CNC(C)c2cccc(Cl)c2)o1. The Bertz CT molecular complexity index is 713. The Labute approximate surface area is 129 Å². The summed E-state index contributed by atoms with van der Waals surface area (Å²) >= 11 is 5.96. The van der Waals surface area contributed by atoms with Crippen molar-refractivity contribution in [3.8, 4) is 0 Å². The van der Waals surface area contributed by atoms with Crippen LogP contribution in [0.1, 0.15) is 24.3 Å². The summed E-state index contributed by atoms with van der Waals surface area (Å²) in [6.07, 6.45) is 0. The van der Waals surface area contributed by atoms with E-state index in [0.29, 0.717) is 17.3 Å². The molecule has 0 aliphatic heterocycles. The first-order valence-electron chi connectivity index (χ1n) is 6.43. The van der Waals surface area contributed by atoms with Crippen molar-refractivity contribution in [2.24, 2.45) is 0 Å². The van der Waals surface area contributed by atoms with Gasteiger partial charge in [-0.3, -0.25) is 0 Å². The van der Waals surface area contributed by atoms with Gasteiger partial charge in [-0.05, 0) is 43.8 Å². The van der Waals surface area contributed by atoms with Gasteiger partial charge in [0.05, 0.1) is 6.54 Å². The average Bonchev–Trinajstić information content (AvgIpc) is 2.94. The molecule has 0 spiro atoms. The second kappa shape index (κ2) is 6.62. The average molecular weight is 329 g/mol. The van der Waals surface area contributed by atoms with E-state index in [2.05, 4.69) is 10.0 Å². The van der Waals surface area contributed by atoms with E-state index in [9.17, 15) is 8.42 Å². The highest BCUT2D eigenvalue weighted by Gasteiger charge is 2.16. The molecule has 1 unspecified atom stereocenters. The molecule has 0 fully saturated rings. The topological polar surface area (TPSA) is 71.3 Å². The summed E-state index contributed by atoms with van der Waals surface area (Å²) in [7, 11) is -2.19. The summed E-state index contributed by atoms with van der Waals surface area (Å²) < 4.78 is 30.7. The van der Waals surface area contributed by atoms with Gasteiger partial charge in [0.25, 0.3) is 10.0 Å². The molecule has 114 valence electrons. The van der Waals surface area contributed by atoms with Crippen LogP contribution in [0.4, 0.5) is 0 Å². The zero-order valence-corrected chi connectivity index (χ0v) is 13.3. The third-order valence-corrected chi connectivity index (χ3v) is 4.62. The van der Waals surface area contributed by atoms with Crippen molar-refractivity contribution in [3.05, 3.63) is 52.7 Å². The summed E-state index contributed by atoms with van der Waals surface area (Å²) in [4.78, 5) is 0. The molecule has 0 amide bonds. The second-order valence-corrected chi connectivity index (χ2v) is 6.84. The monoisotopic (exact) mass is 328 g/mol. The molecule has 1 aromatic heterocycles. The van der Waals surface area contributed by atoms with E-state index in [-0.39, 0.29) is 11.1 Å². The van der Waals surface area contributed by atoms with E-state index in [1.165, 1.54) is 13.1 Å². The summed E-state index contributed by atoms with van der Waals surface area (Å²) in [6, 6.07) is 10.7. The maximum absolute atomic E-state index is 11.6. The van der Waals surface area contributed by atoms with Gasteiger partial charge in [0.2, 0.25) is 5.09 Å². The number of benzene rings is 1. The van der Waals surface area contributed by atoms with E-state index in [4.69, 9.17) is 16.0 Å². The minimum absolute atomic E-state index is 0.0677. The molecule has 0 radical (unpaired) electrons. The second-order valence-electron chi connectivity index (χ2n) is 4.59. The number of nitrogens with one attached hydrogen (secondary N) is 2. The first-order chi connectivity index (χ1) is 9.92. The number of sulfonamides is 1. The van der Waals surface area contributed by atoms with E-state index in [1.807, 2.05) is 31.2 Å². The highest BCUT2D eigenvalue weighted by molar-refractivity contribution is 7.89. The molecule has 0 aliphatic carbocycles. The molecule has 0 saturated carbocycles. The lowest BCUT2D eigenvalue weighted by atomic mass is 10.1. The zero-order chi connectivity index (χ0) is 15.5. The number of furan rings is 1. The van der Waals surface area contributed by atoms with E-state index in [1.54, 1.807) is 6.07 Å². The van der Waals surface area contributed by atoms with Gasteiger partial charge in [-0.2, -0.15) is 0 Å². The lowest BCUT2D eigenvalue weighted by Gasteiger charge is -2.13. The van der Waals surface area contributed by atoms with Crippen molar-refractivity contribution >= 4 is 21.6 Å². The van der Waals surface area contributed by atoms with Crippen LogP contribution in [0.15, 0.2) is 45.9 Å². The molecule has 2 rings (SSSR count). The number of hydrogen-bond acceptors (Lipinski definition) is 4. The Hall–Kier alpha value is -1.34. The van der Waals surface area contributed by atoms with Gasteiger partial charge < -0.3 is 9.73 Å². The Kier molecular flexibility index (Phi) is 5.05. The number of rotatable bonds is 6.